The maximum Gasteiger partial charge on any atom is 0.270 e. The molecule has 1 aliphatic rings. The van der Waals surface area contributed by atoms with Crippen molar-refractivity contribution < 1.29 is 9.66 Å². The number of non-ortho nitro benzene ring substituents is 1. The molecule has 0 saturated heterocycles. The second-order valence-corrected chi connectivity index (χ2v) is 5.20. The number of hydrogen-bond acceptors (Lipinski definition) is 5. The van der Waals surface area contributed by atoms with Gasteiger partial charge < -0.3 is 10.1 Å². The van der Waals surface area contributed by atoms with E-state index in [9.17, 15) is 10.1 Å². The van der Waals surface area contributed by atoms with Crippen molar-refractivity contribution in [2.45, 2.75) is 19.3 Å². The quantitative estimate of drug-likeness (QED) is 0.610. The molecule has 1 aromatic rings. The molecule has 2 rings (SSSR count). The van der Waals surface area contributed by atoms with E-state index in [0.717, 1.165) is 32.4 Å². The van der Waals surface area contributed by atoms with Crippen LogP contribution in [0.2, 0.25) is 0 Å². The summed E-state index contributed by atoms with van der Waals surface area (Å²) in [5.41, 5.74) is 1.15. The molecule has 6 nitrogen and oxygen atoms in total. The maximum absolute atomic E-state index is 10.7. The first kappa shape index (κ1) is 14.3. The number of hydrogen-bond donors (Lipinski definition) is 1. The van der Waals surface area contributed by atoms with Crippen LogP contribution in [0.25, 0.3) is 0 Å². The van der Waals surface area contributed by atoms with Gasteiger partial charge in [0.05, 0.1) is 16.2 Å². The fraction of sp³-hybridized carbons (Fsp3) is 0.500. The molecule has 0 radical (unpaired) electrons. The molecule has 1 saturated carbocycles. The molecule has 1 aliphatic carbocycles. The van der Waals surface area contributed by atoms with Crippen LogP contribution in [0.5, 0.6) is 0 Å². The maximum atomic E-state index is 10.7. The lowest BCUT2D eigenvalue weighted by Gasteiger charge is -2.16. The fourth-order valence-corrected chi connectivity index (χ4v) is 2.19. The highest BCUT2D eigenvalue weighted by atomic mass is 16.6. The van der Waals surface area contributed by atoms with Gasteiger partial charge in [-0.05, 0) is 30.7 Å². The summed E-state index contributed by atoms with van der Waals surface area (Å²) in [6, 6.07) is 6.32. The topological polar surface area (TPSA) is 88.2 Å². The number of nitriles is 1. The molecule has 0 spiro atoms. The molecule has 0 unspecified atom stereocenters. The third kappa shape index (κ3) is 3.25. The Kier molecular flexibility index (Phi) is 4.20. The molecule has 6 heteroatoms. The third-order valence-corrected chi connectivity index (χ3v) is 3.78. The summed E-state index contributed by atoms with van der Waals surface area (Å²) in [6.07, 6.45) is 3.29. The average molecular weight is 275 g/mol. The van der Waals surface area contributed by atoms with Gasteiger partial charge in [0.25, 0.3) is 5.69 Å². The zero-order valence-electron chi connectivity index (χ0n) is 11.4. The van der Waals surface area contributed by atoms with Gasteiger partial charge in [-0.25, -0.2) is 0 Å². The summed E-state index contributed by atoms with van der Waals surface area (Å²) in [5, 5.41) is 23.0. The van der Waals surface area contributed by atoms with E-state index < -0.39 is 4.92 Å². The zero-order chi connectivity index (χ0) is 14.6. The summed E-state index contributed by atoms with van der Waals surface area (Å²) < 4.78 is 5.10. The molecule has 0 heterocycles. The van der Waals surface area contributed by atoms with Gasteiger partial charge in [-0.3, -0.25) is 10.1 Å². The van der Waals surface area contributed by atoms with E-state index in [1.54, 1.807) is 13.2 Å². The molecule has 0 bridgehead atoms. The van der Waals surface area contributed by atoms with Crippen molar-refractivity contribution in [1.29, 1.82) is 5.26 Å². The first-order valence-electron chi connectivity index (χ1n) is 6.52. The largest absolute Gasteiger partial charge is 0.385 e. The van der Waals surface area contributed by atoms with E-state index in [1.165, 1.54) is 12.1 Å². The van der Waals surface area contributed by atoms with Gasteiger partial charge in [0.15, 0.2) is 0 Å². The normalized spacial score (nSPS) is 15.4. The Bertz CT molecular complexity index is 547. The Morgan fingerprint density at radius 2 is 2.30 bits per heavy atom. The standard InChI is InChI=1S/C14H17N3O3/c1-20-7-6-14(4-5-14)10-16-13-3-2-12(17(18)19)8-11(13)9-15/h2-3,8,16H,4-7,10H2,1H3. The summed E-state index contributed by atoms with van der Waals surface area (Å²) in [6.45, 7) is 1.50. The Morgan fingerprint density at radius 3 is 2.85 bits per heavy atom. The Hall–Kier alpha value is -2.13. The molecule has 0 atom stereocenters. The second-order valence-electron chi connectivity index (χ2n) is 5.20. The summed E-state index contributed by atoms with van der Waals surface area (Å²) in [7, 11) is 1.69. The van der Waals surface area contributed by atoms with Crippen molar-refractivity contribution in [1.82, 2.24) is 0 Å². The Morgan fingerprint density at radius 1 is 1.55 bits per heavy atom. The van der Waals surface area contributed by atoms with Crippen molar-refractivity contribution in [3.63, 3.8) is 0 Å². The summed E-state index contributed by atoms with van der Waals surface area (Å²) >= 11 is 0. The van der Waals surface area contributed by atoms with Gasteiger partial charge in [0, 0.05) is 32.4 Å². The van der Waals surface area contributed by atoms with Gasteiger partial charge in [-0.1, -0.05) is 0 Å². The Labute approximate surface area is 117 Å². The molecule has 106 valence electrons. The first-order chi connectivity index (χ1) is 9.60. The molecule has 1 aromatic carbocycles. The molecule has 1 fully saturated rings. The van der Waals surface area contributed by atoms with Crippen LogP contribution in [0.3, 0.4) is 0 Å². The number of nitro groups is 1. The van der Waals surface area contributed by atoms with Crippen molar-refractivity contribution in [2.75, 3.05) is 25.6 Å². The lowest BCUT2D eigenvalue weighted by molar-refractivity contribution is -0.384. The molecule has 20 heavy (non-hydrogen) atoms. The minimum atomic E-state index is -0.494. The van der Waals surface area contributed by atoms with E-state index in [4.69, 9.17) is 10.00 Å². The SMILES string of the molecule is COCCC1(CNc2ccc([N+](=O)[O-])cc2C#N)CC1. The lowest BCUT2D eigenvalue weighted by atomic mass is 10.0. The van der Waals surface area contributed by atoms with Crippen LogP contribution in [0, 0.1) is 26.9 Å². The number of benzene rings is 1. The smallest absolute Gasteiger partial charge is 0.270 e. The van der Waals surface area contributed by atoms with E-state index in [-0.39, 0.29) is 11.1 Å². The van der Waals surface area contributed by atoms with Crippen LogP contribution in [0.4, 0.5) is 11.4 Å². The lowest BCUT2D eigenvalue weighted by Crippen LogP contribution is -2.17. The fourth-order valence-electron chi connectivity index (χ4n) is 2.19. The molecule has 0 aliphatic heterocycles. The van der Waals surface area contributed by atoms with Gasteiger partial charge in [0.1, 0.15) is 6.07 Å². The van der Waals surface area contributed by atoms with Crippen molar-refractivity contribution >= 4 is 11.4 Å². The van der Waals surface area contributed by atoms with Crippen LogP contribution in [-0.4, -0.2) is 25.2 Å². The number of methoxy groups -OCH3 is 1. The number of rotatable bonds is 7. The van der Waals surface area contributed by atoms with Gasteiger partial charge in [0.2, 0.25) is 0 Å². The predicted molar refractivity (Wildman–Crippen MR) is 74.5 cm³/mol. The third-order valence-electron chi connectivity index (χ3n) is 3.78. The number of nitro benzene ring substituents is 1. The minimum absolute atomic E-state index is 0.0624. The van der Waals surface area contributed by atoms with Crippen molar-refractivity contribution in [3.05, 3.63) is 33.9 Å². The van der Waals surface area contributed by atoms with Crippen LogP contribution in [0.1, 0.15) is 24.8 Å². The number of ether oxygens (including phenoxy) is 1. The van der Waals surface area contributed by atoms with Crippen LogP contribution < -0.4 is 5.32 Å². The highest BCUT2D eigenvalue weighted by Gasteiger charge is 2.41. The van der Waals surface area contributed by atoms with E-state index in [1.807, 2.05) is 6.07 Å². The van der Waals surface area contributed by atoms with Crippen molar-refractivity contribution in [2.24, 2.45) is 5.41 Å². The van der Waals surface area contributed by atoms with Gasteiger partial charge in [-0.2, -0.15) is 5.26 Å². The van der Waals surface area contributed by atoms with E-state index in [2.05, 4.69) is 5.32 Å². The van der Waals surface area contributed by atoms with Gasteiger partial charge >= 0.3 is 0 Å². The van der Waals surface area contributed by atoms with Crippen LogP contribution in [0.15, 0.2) is 18.2 Å². The monoisotopic (exact) mass is 275 g/mol. The number of anilines is 1. The van der Waals surface area contributed by atoms with Crippen molar-refractivity contribution in [3.8, 4) is 6.07 Å². The number of nitrogens with one attached hydrogen (secondary N) is 1. The molecule has 0 aromatic heterocycles. The summed E-state index contributed by atoms with van der Waals surface area (Å²) in [4.78, 5) is 10.2. The first-order valence-corrected chi connectivity index (χ1v) is 6.52. The molecule has 1 N–H and O–H groups in total. The molecule has 0 amide bonds. The zero-order valence-corrected chi connectivity index (χ0v) is 11.4. The molecular weight excluding hydrogens is 258 g/mol. The second kappa shape index (κ2) is 5.88. The predicted octanol–water partition coefficient (Wildman–Crippen LogP) is 2.70. The van der Waals surface area contributed by atoms with Gasteiger partial charge in [-0.15, -0.1) is 0 Å². The van der Waals surface area contributed by atoms with E-state index in [0.29, 0.717) is 11.3 Å². The minimum Gasteiger partial charge on any atom is -0.385 e. The molecular formula is C14H17N3O3. The van der Waals surface area contributed by atoms with Crippen LogP contribution >= 0.6 is 0 Å². The summed E-state index contributed by atoms with van der Waals surface area (Å²) in [5.74, 6) is 0. The Balaban J connectivity index is 2.03. The number of nitrogens with zero attached hydrogens (tertiary/aromatic N) is 2. The van der Waals surface area contributed by atoms with E-state index >= 15 is 0 Å². The highest BCUT2D eigenvalue weighted by Crippen LogP contribution is 2.48. The van der Waals surface area contributed by atoms with Crippen LogP contribution in [-0.2, 0) is 4.74 Å². The highest BCUT2D eigenvalue weighted by molar-refractivity contribution is 5.61. The average Bonchev–Trinajstić information content (AvgIpc) is 3.23.